The van der Waals surface area contributed by atoms with Crippen molar-refractivity contribution >= 4 is 17.4 Å². The van der Waals surface area contributed by atoms with Crippen molar-refractivity contribution in [3.05, 3.63) is 71.3 Å². The monoisotopic (exact) mass is 350 g/mol. The number of hydrazone groups is 2. The zero-order chi connectivity index (χ0) is 18.5. The van der Waals surface area contributed by atoms with E-state index in [1.54, 1.807) is 6.92 Å². The highest BCUT2D eigenvalue weighted by Crippen LogP contribution is 2.29. The lowest BCUT2D eigenvalue weighted by atomic mass is 9.84. The molecule has 0 fully saturated rings. The van der Waals surface area contributed by atoms with Gasteiger partial charge in [-0.1, -0.05) is 60.2 Å². The Morgan fingerprint density at radius 2 is 2.00 bits per heavy atom. The van der Waals surface area contributed by atoms with E-state index in [1.165, 1.54) is 0 Å². The van der Waals surface area contributed by atoms with Gasteiger partial charge in [0, 0.05) is 5.56 Å². The van der Waals surface area contributed by atoms with E-state index in [4.69, 9.17) is 10.6 Å². The summed E-state index contributed by atoms with van der Waals surface area (Å²) in [7, 11) is 0. The molecule has 1 heterocycles. The number of nitrogens with zero attached hydrogens (tertiary/aromatic N) is 2. The Morgan fingerprint density at radius 1 is 1.23 bits per heavy atom. The molecule has 0 bridgehead atoms. The fourth-order valence-corrected chi connectivity index (χ4v) is 3.16. The van der Waals surface area contributed by atoms with Crippen LogP contribution in [0.2, 0.25) is 0 Å². The summed E-state index contributed by atoms with van der Waals surface area (Å²) in [5, 5.41) is 8.38. The van der Waals surface area contributed by atoms with Crippen molar-refractivity contribution in [1.82, 2.24) is 5.43 Å². The molecule has 26 heavy (non-hydrogen) atoms. The van der Waals surface area contributed by atoms with E-state index in [2.05, 4.69) is 15.6 Å². The molecule has 2 atom stereocenters. The van der Waals surface area contributed by atoms with Gasteiger partial charge in [0.05, 0.1) is 18.2 Å². The largest absolute Gasteiger partial charge is 0.464 e. The molecule has 0 aromatic heterocycles. The van der Waals surface area contributed by atoms with Crippen molar-refractivity contribution in [3.8, 4) is 0 Å². The Balaban J connectivity index is 2.04. The molecule has 6 heteroatoms. The van der Waals surface area contributed by atoms with Crippen LogP contribution in [0.25, 0.3) is 0 Å². The van der Waals surface area contributed by atoms with Gasteiger partial charge in [-0.25, -0.2) is 4.79 Å². The van der Waals surface area contributed by atoms with E-state index < -0.39 is 6.04 Å². The number of nitrogens with one attached hydrogen (secondary N) is 1. The summed E-state index contributed by atoms with van der Waals surface area (Å²) in [5.41, 5.74) is 7.01. The van der Waals surface area contributed by atoms with Gasteiger partial charge in [0.25, 0.3) is 0 Å². The number of hydrogen-bond acceptors (Lipinski definition) is 6. The lowest BCUT2D eigenvalue weighted by Crippen LogP contribution is -2.39. The van der Waals surface area contributed by atoms with E-state index in [0.29, 0.717) is 18.0 Å². The van der Waals surface area contributed by atoms with Crippen LogP contribution in [0.15, 0.2) is 64.8 Å². The van der Waals surface area contributed by atoms with Gasteiger partial charge in [-0.2, -0.15) is 10.2 Å². The molecule has 0 amide bonds. The standard InChI is InChI=1S/C20H22N4O2/c1-3-26-20(25)19-16(15-11-7-8-13(2)12-15)18(23-24-19)17(22-21)14-9-5-4-6-10-14/h4-12,16,19,24H,3,21H2,1-2H3/b22-17+. The number of carbonyl (C=O) groups is 1. The van der Waals surface area contributed by atoms with Crippen LogP contribution in [0.1, 0.15) is 29.5 Å². The van der Waals surface area contributed by atoms with Crippen molar-refractivity contribution in [2.45, 2.75) is 25.8 Å². The number of nitrogens with two attached hydrogens (primary N) is 1. The Bertz CT molecular complexity index is 846. The van der Waals surface area contributed by atoms with Gasteiger partial charge in [-0.3, -0.25) is 5.43 Å². The van der Waals surface area contributed by atoms with Gasteiger partial charge in [0.15, 0.2) is 6.04 Å². The van der Waals surface area contributed by atoms with Crippen LogP contribution in [-0.4, -0.2) is 30.0 Å². The summed E-state index contributed by atoms with van der Waals surface area (Å²) in [4.78, 5) is 12.5. The van der Waals surface area contributed by atoms with Crippen LogP contribution in [0.3, 0.4) is 0 Å². The van der Waals surface area contributed by atoms with Gasteiger partial charge in [0.2, 0.25) is 0 Å². The van der Waals surface area contributed by atoms with Crippen LogP contribution in [0, 0.1) is 6.92 Å². The second-order valence-corrected chi connectivity index (χ2v) is 6.09. The van der Waals surface area contributed by atoms with Crippen LogP contribution in [0.5, 0.6) is 0 Å². The summed E-state index contributed by atoms with van der Waals surface area (Å²) in [6, 6.07) is 16.9. The molecule has 0 saturated heterocycles. The quantitative estimate of drug-likeness (QED) is 0.375. The summed E-state index contributed by atoms with van der Waals surface area (Å²) in [6.07, 6.45) is 0. The molecule has 0 spiro atoms. The van der Waals surface area contributed by atoms with Crippen LogP contribution >= 0.6 is 0 Å². The highest BCUT2D eigenvalue weighted by atomic mass is 16.5. The predicted molar refractivity (Wildman–Crippen MR) is 102 cm³/mol. The first-order chi connectivity index (χ1) is 12.7. The first-order valence-corrected chi connectivity index (χ1v) is 8.55. The smallest absolute Gasteiger partial charge is 0.331 e. The maximum atomic E-state index is 12.5. The molecule has 1 aliphatic heterocycles. The molecule has 3 N–H and O–H groups in total. The molecule has 0 saturated carbocycles. The molecule has 134 valence electrons. The summed E-state index contributed by atoms with van der Waals surface area (Å²) in [6.45, 7) is 4.10. The number of ether oxygens (including phenoxy) is 1. The maximum absolute atomic E-state index is 12.5. The number of aryl methyl sites for hydroxylation is 1. The van der Waals surface area contributed by atoms with Gasteiger partial charge in [-0.05, 0) is 19.4 Å². The Morgan fingerprint density at radius 3 is 2.65 bits per heavy atom. The number of hydrogen-bond donors (Lipinski definition) is 2. The SMILES string of the molecule is CCOC(=O)C1NN=C(/C(=N/N)c2ccccc2)C1c1cccc(C)c1. The minimum Gasteiger partial charge on any atom is -0.464 e. The highest BCUT2D eigenvalue weighted by molar-refractivity contribution is 6.50. The molecule has 2 unspecified atom stereocenters. The molecule has 0 aliphatic carbocycles. The number of carbonyl (C=O) groups excluding carboxylic acids is 1. The van der Waals surface area contributed by atoms with E-state index >= 15 is 0 Å². The van der Waals surface area contributed by atoms with Crippen molar-refractivity contribution in [2.75, 3.05) is 6.61 Å². The van der Waals surface area contributed by atoms with Crippen molar-refractivity contribution in [1.29, 1.82) is 0 Å². The zero-order valence-electron chi connectivity index (χ0n) is 14.8. The first kappa shape index (κ1) is 17.7. The Labute approximate surface area is 152 Å². The fourth-order valence-electron chi connectivity index (χ4n) is 3.16. The molecule has 2 aromatic rings. The summed E-state index contributed by atoms with van der Waals surface area (Å²) < 4.78 is 5.23. The minimum absolute atomic E-state index is 0.309. The molecule has 0 radical (unpaired) electrons. The number of esters is 1. The highest BCUT2D eigenvalue weighted by Gasteiger charge is 2.41. The van der Waals surface area contributed by atoms with E-state index in [1.807, 2.05) is 61.5 Å². The second-order valence-electron chi connectivity index (χ2n) is 6.09. The fraction of sp³-hybridized carbons (Fsp3) is 0.250. The third-order valence-electron chi connectivity index (χ3n) is 4.31. The summed E-state index contributed by atoms with van der Waals surface area (Å²) in [5.74, 6) is 5.02. The third kappa shape index (κ3) is 3.44. The van der Waals surface area contributed by atoms with Gasteiger partial charge < -0.3 is 10.6 Å². The van der Waals surface area contributed by atoms with Crippen molar-refractivity contribution in [2.24, 2.45) is 16.0 Å². The van der Waals surface area contributed by atoms with Crippen LogP contribution < -0.4 is 11.3 Å². The predicted octanol–water partition coefficient (Wildman–Crippen LogP) is 2.33. The Hall–Kier alpha value is -3.15. The first-order valence-electron chi connectivity index (χ1n) is 8.55. The third-order valence-corrected chi connectivity index (χ3v) is 4.31. The topological polar surface area (TPSA) is 89.1 Å². The van der Waals surface area contributed by atoms with E-state index in [-0.39, 0.29) is 11.9 Å². The average Bonchev–Trinajstić information content (AvgIpc) is 3.08. The number of benzene rings is 2. The van der Waals surface area contributed by atoms with Crippen LogP contribution in [-0.2, 0) is 9.53 Å². The maximum Gasteiger partial charge on any atom is 0.331 e. The molecular formula is C20H22N4O2. The van der Waals surface area contributed by atoms with Gasteiger partial charge in [-0.15, -0.1) is 0 Å². The average molecular weight is 350 g/mol. The van der Waals surface area contributed by atoms with Gasteiger partial charge in [0.1, 0.15) is 5.71 Å². The second kappa shape index (κ2) is 7.82. The molecule has 1 aliphatic rings. The minimum atomic E-state index is -0.618. The molecule has 6 nitrogen and oxygen atoms in total. The summed E-state index contributed by atoms with van der Waals surface area (Å²) >= 11 is 0. The number of rotatable bonds is 5. The van der Waals surface area contributed by atoms with E-state index in [0.717, 1.165) is 16.7 Å². The normalized spacial score (nSPS) is 19.6. The zero-order valence-corrected chi connectivity index (χ0v) is 14.8. The van der Waals surface area contributed by atoms with Gasteiger partial charge >= 0.3 is 5.97 Å². The van der Waals surface area contributed by atoms with Crippen molar-refractivity contribution in [3.63, 3.8) is 0 Å². The molecule has 3 rings (SSSR count). The lowest BCUT2D eigenvalue weighted by Gasteiger charge is -2.20. The molecule has 2 aromatic carbocycles. The molecular weight excluding hydrogens is 328 g/mol. The lowest BCUT2D eigenvalue weighted by molar-refractivity contribution is -0.145. The van der Waals surface area contributed by atoms with Crippen molar-refractivity contribution < 1.29 is 9.53 Å². The van der Waals surface area contributed by atoms with E-state index in [9.17, 15) is 4.79 Å². The van der Waals surface area contributed by atoms with Crippen LogP contribution in [0.4, 0.5) is 0 Å². The Kier molecular flexibility index (Phi) is 5.31.